The molecule has 3 aliphatic rings. The first-order valence-electron chi connectivity index (χ1n) is 10.1. The van der Waals surface area contributed by atoms with E-state index in [1.807, 2.05) is 4.90 Å². The van der Waals surface area contributed by atoms with Gasteiger partial charge in [-0.2, -0.15) is 13.2 Å². The number of likely N-dealkylation sites (tertiary alicyclic amines) is 3. The summed E-state index contributed by atoms with van der Waals surface area (Å²) in [5, 5.41) is 0. The molecule has 0 aromatic carbocycles. The van der Waals surface area contributed by atoms with Crippen LogP contribution in [0.1, 0.15) is 48.2 Å². The van der Waals surface area contributed by atoms with E-state index in [0.29, 0.717) is 19.6 Å². The van der Waals surface area contributed by atoms with Gasteiger partial charge in [0.2, 0.25) is 5.91 Å². The fourth-order valence-electron chi connectivity index (χ4n) is 4.71. The molecular weight excluding hydrogens is 385 g/mol. The van der Waals surface area contributed by atoms with Gasteiger partial charge < -0.3 is 9.80 Å². The second-order valence-electron chi connectivity index (χ2n) is 8.24. The van der Waals surface area contributed by atoms with Crippen LogP contribution < -0.4 is 0 Å². The molecule has 29 heavy (non-hydrogen) atoms. The van der Waals surface area contributed by atoms with Crippen molar-refractivity contribution in [3.05, 3.63) is 29.6 Å². The minimum absolute atomic E-state index is 0.00314. The summed E-state index contributed by atoms with van der Waals surface area (Å²) in [6, 6.07) is 2.15. The molecular formula is C20H25F3N4O2. The molecule has 0 N–H and O–H groups in total. The van der Waals surface area contributed by atoms with Crippen molar-refractivity contribution in [2.24, 2.45) is 0 Å². The number of halogens is 3. The van der Waals surface area contributed by atoms with Crippen LogP contribution in [-0.2, 0) is 11.0 Å². The minimum Gasteiger partial charge on any atom is -0.342 e. The molecule has 0 radical (unpaired) electrons. The molecule has 1 spiro atoms. The Morgan fingerprint density at radius 2 is 1.76 bits per heavy atom. The van der Waals surface area contributed by atoms with Crippen molar-refractivity contribution in [1.82, 2.24) is 19.7 Å². The van der Waals surface area contributed by atoms with Gasteiger partial charge in [-0.3, -0.25) is 19.5 Å². The lowest BCUT2D eigenvalue weighted by molar-refractivity contribution is -0.141. The first-order chi connectivity index (χ1) is 13.8. The molecule has 0 bridgehead atoms. The lowest BCUT2D eigenvalue weighted by Gasteiger charge is -2.57. The summed E-state index contributed by atoms with van der Waals surface area (Å²) in [6.45, 7) is 3.76. The van der Waals surface area contributed by atoms with Crippen molar-refractivity contribution < 1.29 is 22.8 Å². The fourth-order valence-corrected chi connectivity index (χ4v) is 4.71. The van der Waals surface area contributed by atoms with Gasteiger partial charge >= 0.3 is 6.18 Å². The summed E-state index contributed by atoms with van der Waals surface area (Å²) >= 11 is 0. The van der Waals surface area contributed by atoms with Crippen molar-refractivity contribution >= 4 is 11.8 Å². The number of alkyl halides is 3. The number of piperidine rings is 1. The molecule has 4 heterocycles. The molecule has 1 atom stereocenters. The van der Waals surface area contributed by atoms with Crippen molar-refractivity contribution in [1.29, 1.82) is 0 Å². The van der Waals surface area contributed by atoms with Gasteiger partial charge in [0.05, 0.1) is 6.54 Å². The number of hydrogen-bond acceptors (Lipinski definition) is 4. The third-order valence-electron chi connectivity index (χ3n) is 6.44. The van der Waals surface area contributed by atoms with Gasteiger partial charge in [0.25, 0.3) is 5.91 Å². The summed E-state index contributed by atoms with van der Waals surface area (Å²) < 4.78 is 38.8. The number of hydrogen-bond donors (Lipinski definition) is 0. The van der Waals surface area contributed by atoms with Gasteiger partial charge in [-0.15, -0.1) is 0 Å². The van der Waals surface area contributed by atoms with E-state index < -0.39 is 17.8 Å². The Morgan fingerprint density at radius 3 is 2.41 bits per heavy atom. The van der Waals surface area contributed by atoms with Crippen molar-refractivity contribution in [2.45, 2.75) is 43.8 Å². The number of nitrogens with zero attached hydrogens (tertiary/aromatic N) is 4. The predicted octanol–water partition coefficient (Wildman–Crippen LogP) is 2.40. The maximum atomic E-state index is 12.9. The van der Waals surface area contributed by atoms with Crippen LogP contribution in [-0.4, -0.2) is 76.3 Å². The fraction of sp³-hybridized carbons (Fsp3) is 0.650. The summed E-state index contributed by atoms with van der Waals surface area (Å²) in [5.41, 5.74) is -1.29. The third kappa shape index (κ3) is 3.97. The van der Waals surface area contributed by atoms with Crippen LogP contribution in [0.15, 0.2) is 18.3 Å². The summed E-state index contributed by atoms with van der Waals surface area (Å²) in [5.74, 6) is -0.274. The molecule has 3 fully saturated rings. The van der Waals surface area contributed by atoms with Crippen LogP contribution in [0.3, 0.4) is 0 Å². The van der Waals surface area contributed by atoms with Gasteiger partial charge in [-0.1, -0.05) is 0 Å². The molecule has 4 rings (SSSR count). The maximum absolute atomic E-state index is 12.9. The molecule has 0 saturated carbocycles. The standard InChI is InChI=1S/C20H25F3N4O2/c21-20(22,23)16-12-15(4-7-24-16)18(29)26-10-3-5-19(14-26)6-11-27(19)13-17(28)25-8-1-2-9-25/h4,7,12H,1-3,5-6,8-11,13-14H2/t19-/m1/s1. The Balaban J connectivity index is 1.44. The zero-order valence-electron chi connectivity index (χ0n) is 16.2. The highest BCUT2D eigenvalue weighted by atomic mass is 19.4. The summed E-state index contributed by atoms with van der Waals surface area (Å²) in [7, 11) is 0. The van der Waals surface area contributed by atoms with E-state index in [1.54, 1.807) is 4.90 Å². The average Bonchev–Trinajstić information content (AvgIpc) is 3.25. The third-order valence-corrected chi connectivity index (χ3v) is 6.44. The van der Waals surface area contributed by atoms with Gasteiger partial charge in [0, 0.05) is 50.0 Å². The van der Waals surface area contributed by atoms with Crippen LogP contribution in [0.4, 0.5) is 13.2 Å². The topological polar surface area (TPSA) is 56.8 Å². The zero-order chi connectivity index (χ0) is 20.6. The number of carbonyl (C=O) groups excluding carboxylic acids is 2. The lowest BCUT2D eigenvalue weighted by atomic mass is 9.77. The smallest absolute Gasteiger partial charge is 0.342 e. The molecule has 9 heteroatoms. The predicted molar refractivity (Wildman–Crippen MR) is 99.1 cm³/mol. The van der Waals surface area contributed by atoms with Crippen molar-refractivity contribution in [3.63, 3.8) is 0 Å². The first-order valence-corrected chi connectivity index (χ1v) is 10.1. The Labute approximate surface area is 167 Å². The second kappa shape index (κ2) is 7.59. The van der Waals surface area contributed by atoms with E-state index in [-0.39, 0.29) is 17.0 Å². The molecule has 1 aromatic heterocycles. The monoisotopic (exact) mass is 410 g/mol. The number of aromatic nitrogens is 1. The van der Waals surface area contributed by atoms with E-state index in [2.05, 4.69) is 9.88 Å². The quantitative estimate of drug-likeness (QED) is 0.768. The molecule has 158 valence electrons. The van der Waals surface area contributed by atoms with E-state index in [9.17, 15) is 22.8 Å². The van der Waals surface area contributed by atoms with Crippen molar-refractivity contribution in [3.8, 4) is 0 Å². The Bertz CT molecular complexity index is 794. The highest BCUT2D eigenvalue weighted by molar-refractivity contribution is 5.94. The molecule has 3 saturated heterocycles. The Morgan fingerprint density at radius 1 is 1.03 bits per heavy atom. The van der Waals surface area contributed by atoms with Crippen LogP contribution in [0.2, 0.25) is 0 Å². The molecule has 3 aliphatic heterocycles. The number of carbonyl (C=O) groups is 2. The van der Waals surface area contributed by atoms with Crippen LogP contribution in [0.25, 0.3) is 0 Å². The first kappa shape index (κ1) is 20.1. The van der Waals surface area contributed by atoms with Gasteiger partial charge in [0.1, 0.15) is 5.69 Å². The average molecular weight is 410 g/mol. The van der Waals surface area contributed by atoms with Gasteiger partial charge in [-0.05, 0) is 44.2 Å². The van der Waals surface area contributed by atoms with Crippen molar-refractivity contribution in [2.75, 3.05) is 39.3 Å². The molecule has 0 unspecified atom stereocenters. The van der Waals surface area contributed by atoms with E-state index >= 15 is 0 Å². The number of amides is 2. The molecule has 6 nitrogen and oxygen atoms in total. The normalized spacial score (nSPS) is 25.3. The van der Waals surface area contributed by atoms with Gasteiger partial charge in [-0.25, -0.2) is 0 Å². The summed E-state index contributed by atoms with van der Waals surface area (Å²) in [6.07, 6.45) is 1.11. The van der Waals surface area contributed by atoms with E-state index in [0.717, 1.165) is 64.0 Å². The zero-order valence-corrected chi connectivity index (χ0v) is 16.2. The highest BCUT2D eigenvalue weighted by Crippen LogP contribution is 2.39. The van der Waals surface area contributed by atoms with Crippen LogP contribution in [0, 0.1) is 0 Å². The van der Waals surface area contributed by atoms with Crippen LogP contribution in [0.5, 0.6) is 0 Å². The Kier molecular flexibility index (Phi) is 5.27. The van der Waals surface area contributed by atoms with E-state index in [1.165, 1.54) is 6.07 Å². The second-order valence-corrected chi connectivity index (χ2v) is 8.24. The SMILES string of the molecule is O=C(CN1CC[C@@]12CCCN(C(=O)c1ccnc(C(F)(F)F)c1)C2)N1CCCC1. The van der Waals surface area contributed by atoms with E-state index in [4.69, 9.17) is 0 Å². The summed E-state index contributed by atoms with van der Waals surface area (Å²) in [4.78, 5) is 34.4. The minimum atomic E-state index is -4.58. The number of rotatable bonds is 3. The lowest BCUT2D eigenvalue weighted by Crippen LogP contribution is -2.68. The maximum Gasteiger partial charge on any atom is 0.433 e. The van der Waals surface area contributed by atoms with Gasteiger partial charge in [0.15, 0.2) is 0 Å². The molecule has 0 aliphatic carbocycles. The largest absolute Gasteiger partial charge is 0.433 e. The Hall–Kier alpha value is -2.16. The molecule has 2 amide bonds. The van der Waals surface area contributed by atoms with Crippen LogP contribution >= 0.6 is 0 Å². The molecule has 1 aromatic rings. The number of pyridine rings is 1. The highest BCUT2D eigenvalue weighted by Gasteiger charge is 2.49.